The number of anilines is 1. The second-order valence-electron chi connectivity index (χ2n) is 3.74. The predicted octanol–water partition coefficient (Wildman–Crippen LogP) is 1.04. The van der Waals surface area contributed by atoms with Gasteiger partial charge in [0.25, 0.3) is 0 Å². The summed E-state index contributed by atoms with van der Waals surface area (Å²) in [6.45, 7) is 0. The minimum absolute atomic E-state index is 0.737. The number of hydrogen-bond donors (Lipinski definition) is 1. The molecule has 2 N–H and O–H groups in total. The number of rotatable bonds is 0. The molecule has 1 aromatic carbocycles. The monoisotopic (exact) mass is 201 g/mol. The van der Waals surface area contributed by atoms with Gasteiger partial charge in [0.05, 0.1) is 29.4 Å². The van der Waals surface area contributed by atoms with Gasteiger partial charge in [-0.3, -0.25) is 0 Å². The van der Waals surface area contributed by atoms with Crippen LogP contribution in [0.3, 0.4) is 0 Å². The summed E-state index contributed by atoms with van der Waals surface area (Å²) in [6.07, 6.45) is 3.54. The smallest absolute Gasteiger partial charge is 0.118 e. The molecule has 15 heavy (non-hydrogen) atoms. The lowest BCUT2D eigenvalue weighted by molar-refractivity contribution is 0.944. The van der Waals surface area contributed by atoms with E-state index in [0.29, 0.717) is 0 Å². The fourth-order valence-corrected chi connectivity index (χ4v) is 1.95. The summed E-state index contributed by atoms with van der Waals surface area (Å²) in [4.78, 5) is 8.66. The summed E-state index contributed by atoms with van der Waals surface area (Å²) >= 11 is 0. The first-order chi connectivity index (χ1) is 7.18. The van der Waals surface area contributed by atoms with Crippen molar-refractivity contribution in [3.05, 3.63) is 18.7 Å². The van der Waals surface area contributed by atoms with Crippen LogP contribution in [-0.4, -0.2) is 19.1 Å². The molecule has 0 atom stereocenters. The van der Waals surface area contributed by atoms with E-state index in [9.17, 15) is 0 Å². The van der Waals surface area contributed by atoms with E-state index in [1.165, 1.54) is 0 Å². The van der Waals surface area contributed by atoms with Gasteiger partial charge in [-0.1, -0.05) is 0 Å². The van der Waals surface area contributed by atoms with E-state index in [2.05, 4.69) is 9.97 Å². The molecular weight excluding hydrogens is 190 g/mol. The second-order valence-corrected chi connectivity index (χ2v) is 3.74. The number of aryl methyl sites for hydroxylation is 2. The predicted molar refractivity (Wildman–Crippen MR) is 59.4 cm³/mol. The molecule has 0 aliphatic rings. The van der Waals surface area contributed by atoms with Crippen LogP contribution in [0.1, 0.15) is 0 Å². The van der Waals surface area contributed by atoms with Gasteiger partial charge in [-0.05, 0) is 6.07 Å². The number of imidazole rings is 2. The molecule has 0 amide bonds. The van der Waals surface area contributed by atoms with Crippen molar-refractivity contribution in [2.75, 3.05) is 5.73 Å². The van der Waals surface area contributed by atoms with E-state index in [1.54, 1.807) is 12.7 Å². The van der Waals surface area contributed by atoms with E-state index in [0.717, 1.165) is 27.8 Å². The number of fused-ring (bicyclic) bond motifs is 3. The Labute approximate surface area is 86.1 Å². The summed E-state index contributed by atoms with van der Waals surface area (Å²) in [6, 6.07) is 1.94. The van der Waals surface area contributed by atoms with E-state index in [-0.39, 0.29) is 0 Å². The molecule has 3 aromatic rings. The van der Waals surface area contributed by atoms with E-state index in [1.807, 2.05) is 29.3 Å². The first kappa shape index (κ1) is 8.28. The molecule has 0 aliphatic carbocycles. The van der Waals surface area contributed by atoms with Crippen molar-refractivity contribution >= 4 is 27.8 Å². The largest absolute Gasteiger partial charge is 0.397 e. The first-order valence-corrected chi connectivity index (χ1v) is 4.69. The number of nitrogens with zero attached hydrogens (tertiary/aromatic N) is 4. The van der Waals surface area contributed by atoms with Crippen LogP contribution in [0, 0.1) is 0 Å². The van der Waals surface area contributed by atoms with Crippen molar-refractivity contribution in [1.82, 2.24) is 19.1 Å². The van der Waals surface area contributed by atoms with Crippen molar-refractivity contribution < 1.29 is 0 Å². The van der Waals surface area contributed by atoms with Crippen LogP contribution in [0.25, 0.3) is 22.1 Å². The molecule has 5 heteroatoms. The summed E-state index contributed by atoms with van der Waals surface area (Å²) in [7, 11) is 3.88. The number of benzene rings is 1. The van der Waals surface area contributed by atoms with Crippen molar-refractivity contribution in [1.29, 1.82) is 0 Å². The van der Waals surface area contributed by atoms with Crippen LogP contribution in [0.2, 0.25) is 0 Å². The molecule has 0 saturated heterocycles. The Kier molecular flexibility index (Phi) is 1.38. The highest BCUT2D eigenvalue weighted by molar-refractivity contribution is 6.06. The lowest BCUT2D eigenvalue weighted by Crippen LogP contribution is -1.94. The minimum atomic E-state index is 0.737. The highest BCUT2D eigenvalue weighted by Gasteiger charge is 2.11. The molecule has 2 heterocycles. The molecule has 2 aromatic heterocycles. The normalized spacial score (nSPS) is 11.6. The van der Waals surface area contributed by atoms with Gasteiger partial charge in [-0.2, -0.15) is 0 Å². The van der Waals surface area contributed by atoms with Crippen molar-refractivity contribution in [2.45, 2.75) is 0 Å². The molecule has 0 saturated carbocycles. The first-order valence-electron chi connectivity index (χ1n) is 4.69. The van der Waals surface area contributed by atoms with E-state index in [4.69, 9.17) is 5.73 Å². The molecule has 0 aliphatic heterocycles. The lowest BCUT2D eigenvalue weighted by Gasteiger charge is -2.01. The molecule has 0 bridgehead atoms. The highest BCUT2D eigenvalue weighted by Crippen LogP contribution is 2.27. The highest BCUT2D eigenvalue weighted by atomic mass is 15.1. The summed E-state index contributed by atoms with van der Waals surface area (Å²) in [5.41, 5.74) is 10.5. The van der Waals surface area contributed by atoms with Crippen LogP contribution >= 0.6 is 0 Å². The third-order valence-corrected chi connectivity index (χ3v) is 2.71. The van der Waals surface area contributed by atoms with Gasteiger partial charge in [0.1, 0.15) is 11.0 Å². The zero-order valence-corrected chi connectivity index (χ0v) is 8.60. The Morgan fingerprint density at radius 3 is 2.53 bits per heavy atom. The maximum absolute atomic E-state index is 5.99. The average molecular weight is 201 g/mol. The van der Waals surface area contributed by atoms with Gasteiger partial charge in [0, 0.05) is 14.1 Å². The van der Waals surface area contributed by atoms with Gasteiger partial charge in [0.15, 0.2) is 0 Å². The number of aromatic nitrogens is 4. The SMILES string of the molecule is Cn1cnc2c3ncn(C)c3c(N)cc21. The Balaban J connectivity index is 2.66. The van der Waals surface area contributed by atoms with Gasteiger partial charge in [-0.25, -0.2) is 9.97 Å². The standard InChI is InChI=1S/C10H11N5/c1-14-4-12-8-7(14)3-6(11)10-9(8)13-5-15(10)2/h3-5H,11H2,1-2H3. The quantitative estimate of drug-likeness (QED) is 0.553. The van der Waals surface area contributed by atoms with Crippen molar-refractivity contribution in [3.63, 3.8) is 0 Å². The fraction of sp³-hybridized carbons (Fsp3) is 0.200. The summed E-state index contributed by atoms with van der Waals surface area (Å²) < 4.78 is 3.86. The van der Waals surface area contributed by atoms with Gasteiger partial charge in [0.2, 0.25) is 0 Å². The molecule has 5 nitrogen and oxygen atoms in total. The zero-order valence-electron chi connectivity index (χ0n) is 8.60. The Morgan fingerprint density at radius 1 is 1.07 bits per heavy atom. The van der Waals surface area contributed by atoms with E-state index >= 15 is 0 Å². The minimum Gasteiger partial charge on any atom is -0.397 e. The molecule has 0 spiro atoms. The summed E-state index contributed by atoms with van der Waals surface area (Å²) in [5.74, 6) is 0. The molecule has 3 rings (SSSR count). The maximum Gasteiger partial charge on any atom is 0.118 e. The van der Waals surface area contributed by atoms with Crippen LogP contribution < -0.4 is 5.73 Å². The molecular formula is C10H11N5. The molecule has 0 radical (unpaired) electrons. The lowest BCUT2D eigenvalue weighted by atomic mass is 10.2. The molecule has 0 unspecified atom stereocenters. The van der Waals surface area contributed by atoms with E-state index < -0.39 is 0 Å². The fourth-order valence-electron chi connectivity index (χ4n) is 1.95. The summed E-state index contributed by atoms with van der Waals surface area (Å²) in [5, 5.41) is 0. The van der Waals surface area contributed by atoms with Crippen LogP contribution in [0.5, 0.6) is 0 Å². The molecule has 0 fully saturated rings. The van der Waals surface area contributed by atoms with Crippen molar-refractivity contribution in [3.8, 4) is 0 Å². The van der Waals surface area contributed by atoms with Gasteiger partial charge in [-0.15, -0.1) is 0 Å². The molecule has 76 valence electrons. The average Bonchev–Trinajstić information content (AvgIpc) is 2.73. The van der Waals surface area contributed by atoms with Crippen LogP contribution in [0.15, 0.2) is 18.7 Å². The van der Waals surface area contributed by atoms with Crippen molar-refractivity contribution in [2.24, 2.45) is 14.1 Å². The number of hydrogen-bond acceptors (Lipinski definition) is 3. The van der Waals surface area contributed by atoms with Gasteiger partial charge < -0.3 is 14.9 Å². The Morgan fingerprint density at radius 2 is 1.73 bits per heavy atom. The Bertz CT molecular complexity index is 661. The van der Waals surface area contributed by atoms with Gasteiger partial charge >= 0.3 is 0 Å². The number of nitrogens with two attached hydrogens (primary N) is 1. The number of nitrogen functional groups attached to an aromatic ring is 1. The Hall–Kier alpha value is -2.04. The third kappa shape index (κ3) is 0.918. The van der Waals surface area contributed by atoms with Crippen LogP contribution in [0.4, 0.5) is 5.69 Å². The van der Waals surface area contributed by atoms with Crippen LogP contribution in [-0.2, 0) is 14.1 Å². The maximum atomic E-state index is 5.99. The topological polar surface area (TPSA) is 61.7 Å². The second kappa shape index (κ2) is 2.50. The zero-order chi connectivity index (χ0) is 10.6. The third-order valence-electron chi connectivity index (χ3n) is 2.71.